The Morgan fingerprint density at radius 2 is 1.67 bits per heavy atom. The van der Waals surface area contributed by atoms with Gasteiger partial charge < -0.3 is 5.11 Å². The van der Waals surface area contributed by atoms with Crippen molar-refractivity contribution in [3.8, 4) is 0 Å². The Morgan fingerprint density at radius 1 is 1.07 bits per heavy atom. The Balaban J connectivity index is 2.52. The van der Waals surface area contributed by atoms with Gasteiger partial charge in [-0.05, 0) is 5.56 Å². The summed E-state index contributed by atoms with van der Waals surface area (Å²) in [6.45, 7) is -1.36. The Hall–Kier alpha value is -1.03. The van der Waals surface area contributed by atoms with Crippen molar-refractivity contribution in [2.45, 2.75) is 24.9 Å². The van der Waals surface area contributed by atoms with Crippen molar-refractivity contribution in [3.63, 3.8) is 0 Å². The van der Waals surface area contributed by atoms with Crippen molar-refractivity contribution in [2.75, 3.05) is 6.67 Å². The summed E-state index contributed by atoms with van der Waals surface area (Å²) in [6.07, 6.45) is -5.63. The van der Waals surface area contributed by atoms with Crippen LogP contribution in [0.4, 0.5) is 13.2 Å². The van der Waals surface area contributed by atoms with Crippen LogP contribution >= 0.6 is 0 Å². The molecule has 0 radical (unpaired) electrons. The lowest BCUT2D eigenvalue weighted by Crippen LogP contribution is -2.21. The first-order chi connectivity index (χ1) is 7.15. The molecular weight excluding hydrogens is 205 g/mol. The lowest BCUT2D eigenvalue weighted by atomic mass is 10.0. The molecule has 0 bridgehead atoms. The van der Waals surface area contributed by atoms with Crippen LogP contribution in [0.5, 0.6) is 0 Å². The largest absolute Gasteiger partial charge is 0.388 e. The van der Waals surface area contributed by atoms with Crippen molar-refractivity contribution in [3.05, 3.63) is 35.9 Å². The highest BCUT2D eigenvalue weighted by atomic mass is 19.2. The number of hydrogen-bond acceptors (Lipinski definition) is 1. The average molecular weight is 218 g/mol. The fraction of sp³-hybridized carbons (Fsp3) is 0.455. The first kappa shape index (κ1) is 12.0. The predicted octanol–water partition coefficient (Wildman–Crippen LogP) is 2.76. The van der Waals surface area contributed by atoms with Gasteiger partial charge in [0, 0.05) is 6.42 Å². The van der Waals surface area contributed by atoms with Crippen LogP contribution in [0.3, 0.4) is 0 Å². The van der Waals surface area contributed by atoms with Crippen LogP contribution < -0.4 is 0 Å². The minimum Gasteiger partial charge on any atom is -0.388 e. The van der Waals surface area contributed by atoms with Crippen LogP contribution in [-0.4, -0.2) is 24.1 Å². The van der Waals surface area contributed by atoms with E-state index in [1.165, 1.54) is 0 Å². The van der Waals surface area contributed by atoms with E-state index in [9.17, 15) is 18.3 Å². The van der Waals surface area contributed by atoms with E-state index in [0.717, 1.165) is 0 Å². The molecule has 3 atom stereocenters. The smallest absolute Gasteiger partial charge is 0.159 e. The molecule has 15 heavy (non-hydrogen) atoms. The van der Waals surface area contributed by atoms with Gasteiger partial charge in [0.2, 0.25) is 0 Å². The molecule has 0 fully saturated rings. The van der Waals surface area contributed by atoms with Crippen LogP contribution in [0.15, 0.2) is 30.3 Å². The number of rotatable bonds is 5. The lowest BCUT2D eigenvalue weighted by Gasteiger charge is -2.15. The van der Waals surface area contributed by atoms with Crippen molar-refractivity contribution >= 4 is 0 Å². The van der Waals surface area contributed by atoms with Gasteiger partial charge in [-0.1, -0.05) is 30.3 Å². The van der Waals surface area contributed by atoms with Gasteiger partial charge in [0.15, 0.2) is 6.17 Å². The molecule has 0 heterocycles. The molecule has 0 saturated heterocycles. The maximum atomic E-state index is 13.0. The van der Waals surface area contributed by atoms with Crippen LogP contribution in [0.25, 0.3) is 0 Å². The number of halogens is 3. The quantitative estimate of drug-likeness (QED) is 0.805. The van der Waals surface area contributed by atoms with Gasteiger partial charge >= 0.3 is 0 Å². The van der Waals surface area contributed by atoms with Crippen LogP contribution in [0.1, 0.15) is 18.1 Å². The van der Waals surface area contributed by atoms with Gasteiger partial charge in [0.25, 0.3) is 0 Å². The second-order valence-electron chi connectivity index (χ2n) is 3.35. The lowest BCUT2D eigenvalue weighted by molar-refractivity contribution is 0.0721. The summed E-state index contributed by atoms with van der Waals surface area (Å²) >= 11 is 0. The Morgan fingerprint density at radius 3 is 2.20 bits per heavy atom. The van der Waals surface area contributed by atoms with E-state index in [1.807, 2.05) is 0 Å². The normalized spacial score (nSPS) is 17.1. The maximum Gasteiger partial charge on any atom is 0.159 e. The highest BCUT2D eigenvalue weighted by molar-refractivity contribution is 5.17. The molecule has 1 aromatic carbocycles. The molecule has 0 aliphatic heterocycles. The number of aliphatic hydroxyl groups excluding tert-OH is 1. The summed E-state index contributed by atoms with van der Waals surface area (Å²) in [4.78, 5) is 0. The van der Waals surface area contributed by atoms with Crippen LogP contribution in [0, 0.1) is 0 Å². The van der Waals surface area contributed by atoms with Gasteiger partial charge in [-0.15, -0.1) is 0 Å². The predicted molar refractivity (Wildman–Crippen MR) is 51.8 cm³/mol. The molecule has 0 spiro atoms. The van der Waals surface area contributed by atoms with E-state index >= 15 is 0 Å². The SMILES string of the molecule is OC(CC(F)C(F)CF)c1ccccc1. The summed E-state index contributed by atoms with van der Waals surface area (Å²) < 4.78 is 37.3. The van der Waals surface area contributed by atoms with Gasteiger partial charge in [-0.2, -0.15) is 0 Å². The molecular formula is C11H13F3O. The minimum atomic E-state index is -2.15. The number of hydrogen-bond donors (Lipinski definition) is 1. The zero-order chi connectivity index (χ0) is 11.3. The molecule has 3 unspecified atom stereocenters. The van der Waals surface area contributed by atoms with E-state index in [2.05, 4.69) is 0 Å². The molecule has 0 aromatic heterocycles. The molecule has 0 aliphatic carbocycles. The monoisotopic (exact) mass is 218 g/mol. The number of benzene rings is 1. The highest BCUT2D eigenvalue weighted by Gasteiger charge is 2.23. The standard InChI is InChI=1S/C11H13F3O/c12-7-10(14)9(13)6-11(15)8-4-2-1-3-5-8/h1-5,9-11,15H,6-7H2. The summed E-state index contributed by atoms with van der Waals surface area (Å²) in [5.41, 5.74) is 0.506. The molecule has 1 aromatic rings. The third kappa shape index (κ3) is 3.55. The first-order valence-electron chi connectivity index (χ1n) is 4.72. The Kier molecular flexibility index (Phi) is 4.62. The zero-order valence-corrected chi connectivity index (χ0v) is 8.11. The first-order valence-corrected chi connectivity index (χ1v) is 4.72. The molecule has 0 aliphatic rings. The maximum absolute atomic E-state index is 13.0. The highest BCUT2D eigenvalue weighted by Crippen LogP contribution is 2.22. The fourth-order valence-electron chi connectivity index (χ4n) is 1.27. The summed E-state index contributed by atoms with van der Waals surface area (Å²) in [7, 11) is 0. The van der Waals surface area contributed by atoms with Crippen molar-refractivity contribution in [2.24, 2.45) is 0 Å². The van der Waals surface area contributed by atoms with E-state index in [1.54, 1.807) is 30.3 Å². The summed E-state index contributed by atoms with van der Waals surface area (Å²) in [6, 6.07) is 8.35. The zero-order valence-electron chi connectivity index (χ0n) is 8.11. The molecule has 0 amide bonds. The molecule has 4 heteroatoms. The third-order valence-electron chi connectivity index (χ3n) is 2.17. The third-order valence-corrected chi connectivity index (χ3v) is 2.17. The topological polar surface area (TPSA) is 20.2 Å². The second-order valence-corrected chi connectivity index (χ2v) is 3.35. The molecule has 1 nitrogen and oxygen atoms in total. The van der Waals surface area contributed by atoms with Gasteiger partial charge in [0.05, 0.1) is 6.10 Å². The number of aliphatic hydroxyl groups is 1. The van der Waals surface area contributed by atoms with Crippen molar-refractivity contribution in [1.29, 1.82) is 0 Å². The average Bonchev–Trinajstić information content (AvgIpc) is 2.29. The van der Waals surface area contributed by atoms with Crippen LogP contribution in [-0.2, 0) is 0 Å². The van der Waals surface area contributed by atoms with E-state index in [4.69, 9.17) is 0 Å². The molecule has 0 saturated carbocycles. The molecule has 1 rings (SSSR count). The van der Waals surface area contributed by atoms with E-state index < -0.39 is 31.5 Å². The van der Waals surface area contributed by atoms with E-state index in [-0.39, 0.29) is 0 Å². The fourth-order valence-corrected chi connectivity index (χ4v) is 1.27. The van der Waals surface area contributed by atoms with E-state index in [0.29, 0.717) is 5.56 Å². The number of alkyl halides is 3. The molecule has 1 N–H and O–H groups in total. The second kappa shape index (κ2) is 5.75. The summed E-state index contributed by atoms with van der Waals surface area (Å²) in [5.74, 6) is 0. The van der Waals surface area contributed by atoms with Gasteiger partial charge in [0.1, 0.15) is 12.8 Å². The van der Waals surface area contributed by atoms with Gasteiger partial charge in [-0.3, -0.25) is 0 Å². The van der Waals surface area contributed by atoms with Gasteiger partial charge in [-0.25, -0.2) is 13.2 Å². The van der Waals surface area contributed by atoms with Crippen molar-refractivity contribution in [1.82, 2.24) is 0 Å². The Bertz CT molecular complexity index is 278. The summed E-state index contributed by atoms with van der Waals surface area (Å²) in [5, 5.41) is 9.51. The van der Waals surface area contributed by atoms with Crippen molar-refractivity contribution < 1.29 is 18.3 Å². The molecule has 84 valence electrons. The Labute approximate surface area is 86.5 Å². The minimum absolute atomic E-state index is 0.422. The van der Waals surface area contributed by atoms with Crippen LogP contribution in [0.2, 0.25) is 0 Å².